The molecule has 0 amide bonds. The van der Waals surface area contributed by atoms with Gasteiger partial charge in [0.25, 0.3) is 0 Å². The van der Waals surface area contributed by atoms with Gasteiger partial charge in [-0.1, -0.05) is 63.4 Å². The predicted molar refractivity (Wildman–Crippen MR) is 94.8 cm³/mol. The van der Waals surface area contributed by atoms with Crippen molar-refractivity contribution in [1.29, 1.82) is 0 Å². The van der Waals surface area contributed by atoms with Crippen molar-refractivity contribution in [2.75, 3.05) is 0 Å². The van der Waals surface area contributed by atoms with E-state index >= 15 is 0 Å². The van der Waals surface area contributed by atoms with Crippen LogP contribution in [0.15, 0.2) is 53.6 Å². The third kappa shape index (κ3) is 5.59. The zero-order valence-corrected chi connectivity index (χ0v) is 14.2. The van der Waals surface area contributed by atoms with Gasteiger partial charge < -0.3 is 9.30 Å². The molecule has 0 radical (unpaired) electrons. The Morgan fingerprint density at radius 1 is 1.13 bits per heavy atom. The summed E-state index contributed by atoms with van der Waals surface area (Å²) >= 11 is 0. The normalized spacial score (nSPS) is 12.1. The Hall–Kier alpha value is -2.03. The molecule has 0 spiro atoms. The summed E-state index contributed by atoms with van der Waals surface area (Å²) in [6, 6.07) is 11.5. The molecule has 3 heteroatoms. The van der Waals surface area contributed by atoms with Gasteiger partial charge >= 0.3 is 0 Å². The lowest BCUT2D eigenvalue weighted by molar-refractivity contribution is 0.297. The topological polar surface area (TPSA) is 31.2 Å². The second kappa shape index (κ2) is 9.19. The van der Waals surface area contributed by atoms with E-state index in [-0.39, 0.29) is 5.43 Å². The van der Waals surface area contributed by atoms with Crippen LogP contribution in [0.2, 0.25) is 0 Å². The Balaban J connectivity index is 2.01. The molecule has 0 aliphatic heterocycles. The number of unbranched alkanes of at least 4 members (excludes halogenated alkanes) is 1. The lowest BCUT2D eigenvalue weighted by Crippen LogP contribution is -2.14. The number of pyridine rings is 1. The number of rotatable bonds is 9. The van der Waals surface area contributed by atoms with Crippen LogP contribution in [-0.2, 0) is 13.2 Å². The minimum Gasteiger partial charge on any atom is -0.483 e. The van der Waals surface area contributed by atoms with E-state index in [1.165, 1.54) is 19.3 Å². The van der Waals surface area contributed by atoms with Gasteiger partial charge in [-0.3, -0.25) is 4.79 Å². The van der Waals surface area contributed by atoms with Crippen LogP contribution in [0.5, 0.6) is 5.75 Å². The van der Waals surface area contributed by atoms with Crippen LogP contribution >= 0.6 is 0 Å². The molecule has 0 saturated heterocycles. The van der Waals surface area contributed by atoms with E-state index in [2.05, 4.69) is 18.4 Å². The molecular formula is C20H27NO2. The predicted octanol–water partition coefficient (Wildman–Crippen LogP) is 4.64. The van der Waals surface area contributed by atoms with Crippen LogP contribution in [0.3, 0.4) is 0 Å². The maximum Gasteiger partial charge on any atom is 0.223 e. The molecule has 2 aromatic rings. The highest BCUT2D eigenvalue weighted by molar-refractivity contribution is 5.19. The van der Waals surface area contributed by atoms with Gasteiger partial charge in [-0.25, -0.2) is 0 Å². The van der Waals surface area contributed by atoms with Crippen molar-refractivity contribution >= 4 is 0 Å². The van der Waals surface area contributed by atoms with Crippen LogP contribution in [0, 0.1) is 5.92 Å². The molecule has 124 valence electrons. The minimum absolute atomic E-state index is 0.0567. The first-order valence-corrected chi connectivity index (χ1v) is 8.59. The molecule has 23 heavy (non-hydrogen) atoms. The first-order valence-electron chi connectivity index (χ1n) is 8.59. The van der Waals surface area contributed by atoms with Crippen molar-refractivity contribution in [1.82, 2.24) is 4.57 Å². The molecule has 1 unspecified atom stereocenters. The smallest absolute Gasteiger partial charge is 0.223 e. The zero-order valence-electron chi connectivity index (χ0n) is 14.2. The Bertz CT molecular complexity index is 634. The lowest BCUT2D eigenvalue weighted by Gasteiger charge is -2.17. The molecule has 0 fully saturated rings. The highest BCUT2D eigenvalue weighted by atomic mass is 16.5. The van der Waals surface area contributed by atoms with Crippen molar-refractivity contribution in [2.24, 2.45) is 5.92 Å². The standard InChI is InChI=1S/C20H27NO2/c1-3-5-9-17(4-2)14-21-13-12-19(22)20(15-21)23-16-18-10-7-6-8-11-18/h6-8,10-13,15,17H,3-5,9,14,16H2,1-2H3. The molecule has 1 aromatic heterocycles. The first-order chi connectivity index (χ1) is 11.2. The van der Waals surface area contributed by atoms with Gasteiger partial charge in [0, 0.05) is 18.8 Å². The molecule has 1 atom stereocenters. The Kier molecular flexibility index (Phi) is 6.92. The average Bonchev–Trinajstić information content (AvgIpc) is 2.59. The van der Waals surface area contributed by atoms with Crippen molar-refractivity contribution in [2.45, 2.75) is 52.7 Å². The number of hydrogen-bond donors (Lipinski definition) is 0. The van der Waals surface area contributed by atoms with E-state index in [4.69, 9.17) is 4.74 Å². The van der Waals surface area contributed by atoms with Gasteiger partial charge in [-0.2, -0.15) is 0 Å². The summed E-state index contributed by atoms with van der Waals surface area (Å²) in [6.07, 6.45) is 8.60. The van der Waals surface area contributed by atoms with E-state index in [9.17, 15) is 4.79 Å². The highest BCUT2D eigenvalue weighted by Gasteiger charge is 2.08. The number of ether oxygens (including phenoxy) is 1. The van der Waals surface area contributed by atoms with Crippen LogP contribution in [0.4, 0.5) is 0 Å². The van der Waals surface area contributed by atoms with E-state index in [0.29, 0.717) is 18.3 Å². The fourth-order valence-electron chi connectivity index (χ4n) is 2.68. The maximum absolute atomic E-state index is 12.0. The Morgan fingerprint density at radius 2 is 1.91 bits per heavy atom. The molecule has 1 heterocycles. The zero-order chi connectivity index (χ0) is 16.5. The summed E-state index contributed by atoms with van der Waals surface area (Å²) in [7, 11) is 0. The molecule has 0 N–H and O–H groups in total. The van der Waals surface area contributed by atoms with Crippen molar-refractivity contribution in [3.8, 4) is 5.75 Å². The summed E-state index contributed by atoms with van der Waals surface area (Å²) in [5.74, 6) is 1.08. The summed E-state index contributed by atoms with van der Waals surface area (Å²) in [6.45, 7) is 5.82. The molecule has 3 nitrogen and oxygen atoms in total. The van der Waals surface area contributed by atoms with E-state index in [0.717, 1.165) is 18.5 Å². The third-order valence-corrected chi connectivity index (χ3v) is 4.19. The number of aromatic nitrogens is 1. The largest absolute Gasteiger partial charge is 0.483 e. The van der Waals surface area contributed by atoms with E-state index < -0.39 is 0 Å². The summed E-state index contributed by atoms with van der Waals surface area (Å²) in [5.41, 5.74) is 1.01. The minimum atomic E-state index is -0.0567. The van der Waals surface area contributed by atoms with Crippen molar-refractivity contribution in [3.63, 3.8) is 0 Å². The van der Waals surface area contributed by atoms with E-state index in [1.54, 1.807) is 6.07 Å². The quantitative estimate of drug-likeness (QED) is 0.675. The molecular weight excluding hydrogens is 286 g/mol. The van der Waals surface area contributed by atoms with Gasteiger partial charge in [0.2, 0.25) is 5.43 Å². The van der Waals surface area contributed by atoms with Gasteiger partial charge in [-0.05, 0) is 17.9 Å². The van der Waals surface area contributed by atoms with Gasteiger partial charge in [0.15, 0.2) is 5.75 Å². The summed E-state index contributed by atoms with van der Waals surface area (Å²) in [5, 5.41) is 0. The second-order valence-corrected chi connectivity index (χ2v) is 6.06. The van der Waals surface area contributed by atoms with Crippen LogP contribution in [-0.4, -0.2) is 4.57 Å². The van der Waals surface area contributed by atoms with Crippen molar-refractivity contribution < 1.29 is 4.74 Å². The molecule has 0 aliphatic rings. The number of benzene rings is 1. The highest BCUT2D eigenvalue weighted by Crippen LogP contribution is 2.16. The molecule has 0 bridgehead atoms. The lowest BCUT2D eigenvalue weighted by atomic mass is 9.99. The second-order valence-electron chi connectivity index (χ2n) is 6.06. The number of hydrogen-bond acceptors (Lipinski definition) is 2. The SMILES string of the molecule is CCCCC(CC)Cn1ccc(=O)c(OCc2ccccc2)c1. The third-order valence-electron chi connectivity index (χ3n) is 4.19. The molecule has 0 saturated carbocycles. The van der Waals surface area contributed by atoms with Crippen molar-refractivity contribution in [3.05, 3.63) is 64.6 Å². The first kappa shape index (κ1) is 17.3. The molecule has 2 rings (SSSR count). The average molecular weight is 313 g/mol. The van der Waals surface area contributed by atoms with Gasteiger partial charge in [-0.15, -0.1) is 0 Å². The molecule has 1 aromatic carbocycles. The summed E-state index contributed by atoms with van der Waals surface area (Å²) in [4.78, 5) is 12.0. The van der Waals surface area contributed by atoms with Crippen LogP contribution in [0.25, 0.3) is 0 Å². The van der Waals surface area contributed by atoms with Gasteiger partial charge in [0.05, 0.1) is 6.20 Å². The Labute approximate surface area is 138 Å². The number of nitrogens with zero attached hydrogens (tertiary/aromatic N) is 1. The monoisotopic (exact) mass is 313 g/mol. The van der Waals surface area contributed by atoms with Gasteiger partial charge in [0.1, 0.15) is 6.61 Å². The summed E-state index contributed by atoms with van der Waals surface area (Å²) < 4.78 is 7.82. The fraction of sp³-hybridized carbons (Fsp3) is 0.450. The molecule has 0 aliphatic carbocycles. The van der Waals surface area contributed by atoms with Crippen LogP contribution in [0.1, 0.15) is 45.1 Å². The fourth-order valence-corrected chi connectivity index (χ4v) is 2.68. The van der Waals surface area contributed by atoms with E-state index in [1.807, 2.05) is 42.7 Å². The Morgan fingerprint density at radius 3 is 2.61 bits per heavy atom. The van der Waals surface area contributed by atoms with Crippen LogP contribution < -0.4 is 10.2 Å². The maximum atomic E-state index is 12.0.